The second kappa shape index (κ2) is 7.00. The Bertz CT molecular complexity index is 234. The Balaban J connectivity index is 2.53. The number of rotatable bonds is 7. The van der Waals surface area contributed by atoms with Crippen molar-refractivity contribution in [3.05, 3.63) is 0 Å². The summed E-state index contributed by atoms with van der Waals surface area (Å²) < 4.78 is 0. The lowest BCUT2D eigenvalue weighted by molar-refractivity contribution is -0.138. The molecular weight excluding hydrogens is 214 g/mol. The van der Waals surface area contributed by atoms with Crippen LogP contribution in [0.3, 0.4) is 0 Å². The minimum atomic E-state index is -0.676. The molecule has 1 saturated carbocycles. The third-order valence-corrected chi connectivity index (χ3v) is 3.79. The smallest absolute Gasteiger partial charge is 0.304 e. The highest BCUT2D eigenvalue weighted by Gasteiger charge is 2.27. The molecule has 1 fully saturated rings. The third kappa shape index (κ3) is 5.07. The molecule has 3 heteroatoms. The lowest BCUT2D eigenvalue weighted by Crippen LogP contribution is -2.42. The molecule has 3 nitrogen and oxygen atoms in total. The Morgan fingerprint density at radius 3 is 2.35 bits per heavy atom. The van der Waals surface area contributed by atoms with E-state index >= 15 is 0 Å². The van der Waals surface area contributed by atoms with Crippen molar-refractivity contribution in [1.29, 1.82) is 0 Å². The van der Waals surface area contributed by atoms with E-state index in [-0.39, 0.29) is 12.5 Å². The summed E-state index contributed by atoms with van der Waals surface area (Å²) in [5.74, 6) is 0.0148. The van der Waals surface area contributed by atoms with Crippen molar-refractivity contribution in [3.63, 3.8) is 0 Å². The van der Waals surface area contributed by atoms with Gasteiger partial charge in [-0.25, -0.2) is 0 Å². The number of aliphatic carboxylic acids is 1. The fourth-order valence-corrected chi connectivity index (χ4v) is 2.78. The zero-order valence-corrected chi connectivity index (χ0v) is 11.5. The molecule has 0 aromatic heterocycles. The van der Waals surface area contributed by atoms with E-state index in [0.29, 0.717) is 12.0 Å². The topological polar surface area (TPSA) is 40.5 Å². The van der Waals surface area contributed by atoms with Gasteiger partial charge in [0, 0.05) is 12.1 Å². The maximum atomic E-state index is 10.8. The molecule has 1 atom stereocenters. The molecule has 1 rings (SSSR count). The highest BCUT2D eigenvalue weighted by molar-refractivity contribution is 5.67. The zero-order valence-electron chi connectivity index (χ0n) is 11.5. The van der Waals surface area contributed by atoms with E-state index in [4.69, 9.17) is 5.11 Å². The van der Waals surface area contributed by atoms with Gasteiger partial charge in [-0.3, -0.25) is 9.69 Å². The van der Waals surface area contributed by atoms with E-state index in [9.17, 15) is 4.79 Å². The minimum absolute atomic E-state index is 0.175. The van der Waals surface area contributed by atoms with E-state index < -0.39 is 5.97 Å². The van der Waals surface area contributed by atoms with Crippen LogP contribution in [-0.2, 0) is 4.79 Å². The van der Waals surface area contributed by atoms with Crippen molar-refractivity contribution >= 4 is 5.97 Å². The number of carbonyl (C=O) groups is 1. The van der Waals surface area contributed by atoms with Crippen LogP contribution >= 0.6 is 0 Å². The monoisotopic (exact) mass is 241 g/mol. The van der Waals surface area contributed by atoms with Crippen LogP contribution in [0.4, 0.5) is 0 Å². The summed E-state index contributed by atoms with van der Waals surface area (Å²) in [4.78, 5) is 13.3. The molecule has 17 heavy (non-hydrogen) atoms. The quantitative estimate of drug-likeness (QED) is 0.744. The summed E-state index contributed by atoms with van der Waals surface area (Å²) in [6, 6.07) is 0.803. The van der Waals surface area contributed by atoms with Crippen LogP contribution in [-0.4, -0.2) is 34.6 Å². The average Bonchev–Trinajstić information content (AvgIpc) is 2.69. The second-order valence-corrected chi connectivity index (χ2v) is 5.81. The lowest BCUT2D eigenvalue weighted by atomic mass is 10.1. The third-order valence-electron chi connectivity index (χ3n) is 3.79. The standard InChI is InChI=1S/C14H27NO2/c1-11(2)8-9-15(12(3)10-14(16)17)13-6-4-5-7-13/h11-13H,4-10H2,1-3H3,(H,16,17). The molecule has 1 aliphatic rings. The van der Waals surface area contributed by atoms with Crippen LogP contribution in [0.1, 0.15) is 59.3 Å². The Morgan fingerprint density at radius 2 is 1.88 bits per heavy atom. The summed E-state index contributed by atoms with van der Waals surface area (Å²) in [6.45, 7) is 7.58. The first-order valence-corrected chi connectivity index (χ1v) is 6.98. The largest absolute Gasteiger partial charge is 0.481 e. The predicted molar refractivity (Wildman–Crippen MR) is 70.1 cm³/mol. The van der Waals surface area contributed by atoms with E-state index in [1.54, 1.807) is 0 Å². The molecule has 0 heterocycles. The fraction of sp³-hybridized carbons (Fsp3) is 0.929. The zero-order chi connectivity index (χ0) is 12.8. The number of hydrogen-bond acceptors (Lipinski definition) is 2. The Labute approximate surface area is 105 Å². The Hall–Kier alpha value is -0.570. The van der Waals surface area contributed by atoms with Crippen LogP contribution < -0.4 is 0 Å². The molecule has 0 aliphatic heterocycles. The second-order valence-electron chi connectivity index (χ2n) is 5.81. The number of carboxylic acid groups (broad SMARTS) is 1. The van der Waals surface area contributed by atoms with E-state index in [0.717, 1.165) is 6.54 Å². The average molecular weight is 241 g/mol. The SMILES string of the molecule is CC(C)CCN(C(C)CC(=O)O)C1CCCC1. The molecule has 0 radical (unpaired) electrons. The van der Waals surface area contributed by atoms with Gasteiger partial charge in [-0.1, -0.05) is 26.7 Å². The van der Waals surface area contributed by atoms with Gasteiger partial charge in [0.1, 0.15) is 0 Å². The molecule has 100 valence electrons. The highest BCUT2D eigenvalue weighted by Crippen LogP contribution is 2.26. The first-order chi connectivity index (χ1) is 8.00. The summed E-state index contributed by atoms with van der Waals surface area (Å²) in [6.07, 6.45) is 6.56. The predicted octanol–water partition coefficient (Wildman–Crippen LogP) is 3.14. The van der Waals surface area contributed by atoms with Crippen LogP contribution in [0, 0.1) is 5.92 Å². The first-order valence-electron chi connectivity index (χ1n) is 6.98. The first kappa shape index (κ1) is 14.5. The van der Waals surface area contributed by atoms with E-state index in [1.165, 1.54) is 32.1 Å². The van der Waals surface area contributed by atoms with Gasteiger partial charge in [-0.2, -0.15) is 0 Å². The molecule has 0 bridgehead atoms. The van der Waals surface area contributed by atoms with Gasteiger partial charge in [0.15, 0.2) is 0 Å². The van der Waals surface area contributed by atoms with Crippen LogP contribution in [0.25, 0.3) is 0 Å². The maximum Gasteiger partial charge on any atom is 0.304 e. The fourth-order valence-electron chi connectivity index (χ4n) is 2.78. The molecule has 1 unspecified atom stereocenters. The maximum absolute atomic E-state index is 10.8. The van der Waals surface area contributed by atoms with Crippen LogP contribution in [0.15, 0.2) is 0 Å². The minimum Gasteiger partial charge on any atom is -0.481 e. The van der Waals surface area contributed by atoms with Crippen molar-refractivity contribution in [1.82, 2.24) is 4.90 Å². The van der Waals surface area contributed by atoms with Gasteiger partial charge in [-0.05, 0) is 38.6 Å². The summed E-state index contributed by atoms with van der Waals surface area (Å²) in [5, 5.41) is 8.93. The van der Waals surface area contributed by atoms with Gasteiger partial charge in [0.25, 0.3) is 0 Å². The molecule has 0 amide bonds. The van der Waals surface area contributed by atoms with Crippen molar-refractivity contribution in [2.45, 2.75) is 71.4 Å². The highest BCUT2D eigenvalue weighted by atomic mass is 16.4. The molecule has 0 spiro atoms. The Morgan fingerprint density at radius 1 is 1.29 bits per heavy atom. The van der Waals surface area contributed by atoms with Gasteiger partial charge in [0.05, 0.1) is 6.42 Å². The molecule has 1 aliphatic carbocycles. The molecule has 0 aromatic carbocycles. The van der Waals surface area contributed by atoms with Gasteiger partial charge >= 0.3 is 5.97 Å². The molecule has 1 N–H and O–H groups in total. The van der Waals surface area contributed by atoms with Crippen LogP contribution in [0.2, 0.25) is 0 Å². The summed E-state index contributed by atoms with van der Waals surface area (Å²) >= 11 is 0. The summed E-state index contributed by atoms with van der Waals surface area (Å²) in [7, 11) is 0. The normalized spacial score (nSPS) is 19.1. The molecule has 0 aromatic rings. The number of nitrogens with zero attached hydrogens (tertiary/aromatic N) is 1. The lowest BCUT2D eigenvalue weighted by Gasteiger charge is -2.34. The van der Waals surface area contributed by atoms with Gasteiger partial charge < -0.3 is 5.11 Å². The van der Waals surface area contributed by atoms with Gasteiger partial charge in [0.2, 0.25) is 0 Å². The Kier molecular flexibility index (Phi) is 5.96. The van der Waals surface area contributed by atoms with Gasteiger partial charge in [-0.15, -0.1) is 0 Å². The van der Waals surface area contributed by atoms with E-state index in [2.05, 4.69) is 25.7 Å². The number of carboxylic acids is 1. The van der Waals surface area contributed by atoms with Crippen molar-refractivity contribution < 1.29 is 9.90 Å². The van der Waals surface area contributed by atoms with Crippen molar-refractivity contribution in [2.75, 3.05) is 6.54 Å². The molecule has 0 saturated heterocycles. The number of hydrogen-bond donors (Lipinski definition) is 1. The van der Waals surface area contributed by atoms with Crippen molar-refractivity contribution in [2.24, 2.45) is 5.92 Å². The van der Waals surface area contributed by atoms with Crippen LogP contribution in [0.5, 0.6) is 0 Å². The molecular formula is C14H27NO2. The van der Waals surface area contributed by atoms with Crippen molar-refractivity contribution in [3.8, 4) is 0 Å². The summed E-state index contributed by atoms with van der Waals surface area (Å²) in [5.41, 5.74) is 0. The van der Waals surface area contributed by atoms with E-state index in [1.807, 2.05) is 0 Å².